The van der Waals surface area contributed by atoms with Gasteiger partial charge >= 0.3 is 0 Å². The van der Waals surface area contributed by atoms with E-state index in [2.05, 4.69) is 17.1 Å². The van der Waals surface area contributed by atoms with Gasteiger partial charge in [-0.3, -0.25) is 9.00 Å². The molecule has 0 spiro atoms. The average molecular weight is 474 g/mol. The van der Waals surface area contributed by atoms with Crippen molar-refractivity contribution >= 4 is 16.7 Å². The van der Waals surface area contributed by atoms with Crippen molar-refractivity contribution in [2.24, 2.45) is 0 Å². The van der Waals surface area contributed by atoms with E-state index in [1.54, 1.807) is 17.4 Å². The third kappa shape index (κ3) is 3.66. The Bertz CT molecular complexity index is 1390. The summed E-state index contributed by atoms with van der Waals surface area (Å²) in [6.07, 6.45) is 5.47. The normalized spacial score (nSPS) is 17.3. The molecule has 1 fully saturated rings. The highest BCUT2D eigenvalue weighted by atomic mass is 32.2. The molecular weight excluding hydrogens is 450 g/mol. The molecule has 2 aliphatic rings. The van der Waals surface area contributed by atoms with Crippen molar-refractivity contribution in [2.45, 2.75) is 17.2 Å². The summed E-state index contributed by atoms with van der Waals surface area (Å²) in [5.41, 5.74) is 4.77. The SMILES string of the molecule is O=C(c1nn(-c2cccc(Cn3ccnc3)c2)c2c1CS(=O)c1ccccc1-2)N1CCOCC1. The number of carbonyl (C=O) groups is 1. The van der Waals surface area contributed by atoms with Crippen LogP contribution in [0.2, 0.25) is 0 Å². The van der Waals surface area contributed by atoms with E-state index in [9.17, 15) is 9.00 Å². The molecule has 0 bridgehead atoms. The lowest BCUT2D eigenvalue weighted by molar-refractivity contribution is 0.0298. The van der Waals surface area contributed by atoms with Gasteiger partial charge in [0.1, 0.15) is 0 Å². The molecule has 4 aromatic rings. The summed E-state index contributed by atoms with van der Waals surface area (Å²) in [6, 6.07) is 15.8. The number of hydrogen-bond donors (Lipinski definition) is 0. The molecule has 9 heteroatoms. The zero-order valence-electron chi connectivity index (χ0n) is 18.5. The number of imidazole rings is 1. The summed E-state index contributed by atoms with van der Waals surface area (Å²) < 4.78 is 22.4. The number of benzene rings is 2. The summed E-state index contributed by atoms with van der Waals surface area (Å²) in [5, 5.41) is 4.84. The van der Waals surface area contributed by atoms with Gasteiger partial charge in [-0.1, -0.05) is 30.3 Å². The molecular formula is C25H23N5O3S. The molecule has 2 aromatic carbocycles. The van der Waals surface area contributed by atoms with Gasteiger partial charge in [0.2, 0.25) is 0 Å². The summed E-state index contributed by atoms with van der Waals surface area (Å²) in [5.74, 6) is 0.135. The second-order valence-corrected chi connectivity index (χ2v) is 9.80. The number of hydrogen-bond acceptors (Lipinski definition) is 5. The van der Waals surface area contributed by atoms with Crippen LogP contribution in [-0.4, -0.2) is 60.7 Å². The maximum absolute atomic E-state index is 13.5. The number of morpholine rings is 1. The highest BCUT2D eigenvalue weighted by Crippen LogP contribution is 2.39. The minimum atomic E-state index is -1.24. The van der Waals surface area contributed by atoms with Crippen molar-refractivity contribution in [3.8, 4) is 16.9 Å². The maximum Gasteiger partial charge on any atom is 0.274 e. The lowest BCUT2D eigenvalue weighted by Crippen LogP contribution is -2.41. The lowest BCUT2D eigenvalue weighted by atomic mass is 10.0. The molecule has 0 N–H and O–H groups in total. The fraction of sp³-hybridized carbons (Fsp3) is 0.240. The van der Waals surface area contributed by atoms with Gasteiger partial charge in [0.05, 0.1) is 47.5 Å². The van der Waals surface area contributed by atoms with Crippen LogP contribution < -0.4 is 0 Å². The molecule has 8 nitrogen and oxygen atoms in total. The van der Waals surface area contributed by atoms with E-state index in [4.69, 9.17) is 9.84 Å². The molecule has 0 radical (unpaired) electrons. The molecule has 1 saturated heterocycles. The Morgan fingerprint density at radius 3 is 2.76 bits per heavy atom. The number of aromatic nitrogens is 4. The van der Waals surface area contributed by atoms with Crippen LogP contribution in [0.3, 0.4) is 0 Å². The zero-order valence-corrected chi connectivity index (χ0v) is 19.3. The summed E-state index contributed by atoms with van der Waals surface area (Å²) >= 11 is 0. The molecule has 0 saturated carbocycles. The third-order valence-electron chi connectivity index (χ3n) is 6.23. The van der Waals surface area contributed by atoms with Gasteiger partial charge in [0.15, 0.2) is 5.69 Å². The number of carbonyl (C=O) groups excluding carboxylic acids is 1. The second-order valence-electron chi connectivity index (χ2n) is 8.38. The Morgan fingerprint density at radius 1 is 1.09 bits per heavy atom. The maximum atomic E-state index is 13.5. The average Bonchev–Trinajstić information content (AvgIpc) is 3.52. The van der Waals surface area contributed by atoms with Crippen molar-refractivity contribution in [1.29, 1.82) is 0 Å². The Kier molecular flexibility index (Phi) is 5.35. The third-order valence-corrected chi connectivity index (χ3v) is 7.62. The molecule has 2 aliphatic heterocycles. The lowest BCUT2D eigenvalue weighted by Gasteiger charge is -2.26. The van der Waals surface area contributed by atoms with E-state index < -0.39 is 10.8 Å². The Labute approximate surface area is 199 Å². The first kappa shape index (κ1) is 21.0. The molecule has 6 rings (SSSR count). The molecule has 2 aromatic heterocycles. The van der Waals surface area contributed by atoms with Crippen LogP contribution in [0.4, 0.5) is 0 Å². The first-order chi connectivity index (χ1) is 16.7. The monoisotopic (exact) mass is 473 g/mol. The van der Waals surface area contributed by atoms with Crippen molar-refractivity contribution in [3.63, 3.8) is 0 Å². The van der Waals surface area contributed by atoms with Gasteiger partial charge in [-0.15, -0.1) is 0 Å². The van der Waals surface area contributed by atoms with E-state index in [0.717, 1.165) is 33.0 Å². The van der Waals surface area contributed by atoms with Gasteiger partial charge in [-0.25, -0.2) is 9.67 Å². The van der Waals surface area contributed by atoms with Gasteiger partial charge in [0, 0.05) is 48.1 Å². The molecule has 1 amide bonds. The van der Waals surface area contributed by atoms with Crippen molar-refractivity contribution in [1.82, 2.24) is 24.2 Å². The first-order valence-corrected chi connectivity index (χ1v) is 12.5. The van der Waals surface area contributed by atoms with E-state index in [-0.39, 0.29) is 11.7 Å². The number of rotatable bonds is 4. The van der Waals surface area contributed by atoms with Gasteiger partial charge in [0.25, 0.3) is 5.91 Å². The van der Waals surface area contributed by atoms with E-state index in [1.165, 1.54) is 0 Å². The standard InChI is InChI=1S/C25H23N5O3S/c31-25(29-10-12-33-13-11-29)23-21-16-34(32)22-7-2-1-6-20(22)24(21)30(27-23)19-5-3-4-18(14-19)15-28-9-8-26-17-28/h1-9,14,17H,10-13,15-16H2. The second kappa shape index (κ2) is 8.66. The van der Waals surface area contributed by atoms with Crippen LogP contribution in [0.25, 0.3) is 16.9 Å². The minimum absolute atomic E-state index is 0.135. The highest BCUT2D eigenvalue weighted by Gasteiger charge is 2.34. The fourth-order valence-electron chi connectivity index (χ4n) is 4.59. The molecule has 1 atom stereocenters. The number of amides is 1. The molecule has 0 aliphatic carbocycles. The molecule has 34 heavy (non-hydrogen) atoms. The quantitative estimate of drug-likeness (QED) is 0.455. The summed E-state index contributed by atoms with van der Waals surface area (Å²) in [6.45, 7) is 2.76. The van der Waals surface area contributed by atoms with Crippen LogP contribution >= 0.6 is 0 Å². The smallest absolute Gasteiger partial charge is 0.274 e. The largest absolute Gasteiger partial charge is 0.378 e. The number of fused-ring (bicyclic) bond motifs is 3. The van der Waals surface area contributed by atoms with E-state index in [0.29, 0.717) is 38.5 Å². The first-order valence-electron chi connectivity index (χ1n) is 11.2. The predicted molar refractivity (Wildman–Crippen MR) is 127 cm³/mol. The van der Waals surface area contributed by atoms with Crippen LogP contribution in [0.5, 0.6) is 0 Å². The minimum Gasteiger partial charge on any atom is -0.378 e. The van der Waals surface area contributed by atoms with Crippen molar-refractivity contribution in [2.75, 3.05) is 26.3 Å². The van der Waals surface area contributed by atoms with Gasteiger partial charge in [-0.05, 0) is 23.8 Å². The van der Waals surface area contributed by atoms with Crippen molar-refractivity contribution in [3.05, 3.63) is 84.1 Å². The van der Waals surface area contributed by atoms with Crippen LogP contribution in [-0.2, 0) is 27.8 Å². The summed E-state index contributed by atoms with van der Waals surface area (Å²) in [7, 11) is -1.24. The predicted octanol–water partition coefficient (Wildman–Crippen LogP) is 2.88. The molecule has 172 valence electrons. The number of ether oxygens (including phenoxy) is 1. The fourth-order valence-corrected chi connectivity index (χ4v) is 5.92. The van der Waals surface area contributed by atoms with Gasteiger partial charge in [-0.2, -0.15) is 5.10 Å². The van der Waals surface area contributed by atoms with Gasteiger partial charge < -0.3 is 14.2 Å². The topological polar surface area (TPSA) is 82.2 Å². The van der Waals surface area contributed by atoms with Crippen LogP contribution in [0.15, 0.2) is 72.1 Å². The molecule has 1 unspecified atom stereocenters. The van der Waals surface area contributed by atoms with E-state index in [1.807, 2.05) is 51.8 Å². The zero-order chi connectivity index (χ0) is 23.1. The van der Waals surface area contributed by atoms with Crippen LogP contribution in [0.1, 0.15) is 21.6 Å². The highest BCUT2D eigenvalue weighted by molar-refractivity contribution is 7.84. The number of nitrogens with zero attached hydrogens (tertiary/aromatic N) is 5. The van der Waals surface area contributed by atoms with Crippen LogP contribution in [0, 0.1) is 0 Å². The Morgan fingerprint density at radius 2 is 1.94 bits per heavy atom. The van der Waals surface area contributed by atoms with Crippen molar-refractivity contribution < 1.29 is 13.7 Å². The molecule has 4 heterocycles. The Balaban J connectivity index is 1.49. The summed E-state index contributed by atoms with van der Waals surface area (Å²) in [4.78, 5) is 20.2. The Hall–Kier alpha value is -3.56. The van der Waals surface area contributed by atoms with E-state index >= 15 is 0 Å².